The molecule has 1 aromatic heterocycles. The van der Waals surface area contributed by atoms with Crippen LogP contribution >= 0.6 is 12.4 Å². The van der Waals surface area contributed by atoms with Gasteiger partial charge in [0.15, 0.2) is 0 Å². The number of nitrogen functional groups attached to an aromatic ring is 1. The van der Waals surface area contributed by atoms with Crippen molar-refractivity contribution >= 4 is 29.0 Å². The van der Waals surface area contributed by atoms with E-state index < -0.39 is 0 Å². The molecule has 0 bridgehead atoms. The van der Waals surface area contributed by atoms with Crippen LogP contribution in [-0.2, 0) is 0 Å². The topological polar surface area (TPSA) is 71.8 Å². The van der Waals surface area contributed by atoms with Gasteiger partial charge >= 0.3 is 0 Å². The highest BCUT2D eigenvalue weighted by molar-refractivity contribution is 5.85. The second kappa shape index (κ2) is 3.45. The van der Waals surface area contributed by atoms with Gasteiger partial charge in [0.2, 0.25) is 0 Å². The Balaban J connectivity index is 0.000000845. The van der Waals surface area contributed by atoms with Gasteiger partial charge in [0, 0.05) is 5.69 Å². The summed E-state index contributed by atoms with van der Waals surface area (Å²) >= 11 is 0. The zero-order valence-electron chi connectivity index (χ0n) is 6.65. The molecule has 0 saturated carbocycles. The van der Waals surface area contributed by atoms with Crippen LogP contribution in [0.25, 0.3) is 10.9 Å². The highest BCUT2D eigenvalue weighted by Gasteiger charge is 1.97. The molecule has 68 valence electrons. The molecular weight excluding hydrogens is 190 g/mol. The number of aromatic nitrogens is 2. The van der Waals surface area contributed by atoms with Gasteiger partial charge in [0.1, 0.15) is 0 Å². The monoisotopic (exact) mass is 197 g/mol. The fourth-order valence-corrected chi connectivity index (χ4v) is 1.09. The summed E-state index contributed by atoms with van der Waals surface area (Å²) in [6, 6.07) is 5.05. The van der Waals surface area contributed by atoms with Crippen LogP contribution in [0.4, 0.5) is 5.69 Å². The molecule has 0 fully saturated rings. The minimum Gasteiger partial charge on any atom is -0.399 e. The van der Waals surface area contributed by atoms with Crippen LogP contribution in [0.5, 0.6) is 0 Å². The largest absolute Gasteiger partial charge is 0.399 e. The molecule has 2 rings (SSSR count). The van der Waals surface area contributed by atoms with Crippen molar-refractivity contribution in [3.8, 4) is 0 Å². The van der Waals surface area contributed by atoms with Crippen molar-refractivity contribution in [1.29, 1.82) is 0 Å². The quantitative estimate of drug-likeness (QED) is 0.617. The molecule has 0 aliphatic heterocycles. The third-order valence-electron chi connectivity index (χ3n) is 1.66. The summed E-state index contributed by atoms with van der Waals surface area (Å²) in [6.07, 6.45) is 1.38. The van der Waals surface area contributed by atoms with Gasteiger partial charge in [-0.3, -0.25) is 4.79 Å². The van der Waals surface area contributed by atoms with E-state index in [9.17, 15) is 4.79 Å². The number of nitrogens with two attached hydrogens (primary N) is 1. The maximum absolute atomic E-state index is 11.2. The molecular formula is C8H8ClN3O. The first-order chi connectivity index (χ1) is 5.77. The molecule has 0 saturated heterocycles. The van der Waals surface area contributed by atoms with Crippen LogP contribution in [0.3, 0.4) is 0 Å². The molecule has 5 heteroatoms. The van der Waals surface area contributed by atoms with Crippen LogP contribution in [0.1, 0.15) is 0 Å². The van der Waals surface area contributed by atoms with Crippen molar-refractivity contribution in [3.05, 3.63) is 34.9 Å². The second-order valence-electron chi connectivity index (χ2n) is 2.51. The van der Waals surface area contributed by atoms with Gasteiger partial charge < -0.3 is 10.7 Å². The molecule has 0 atom stereocenters. The molecule has 4 nitrogen and oxygen atoms in total. The third kappa shape index (κ3) is 1.62. The van der Waals surface area contributed by atoms with Crippen molar-refractivity contribution in [2.24, 2.45) is 0 Å². The van der Waals surface area contributed by atoms with Crippen LogP contribution in [0.2, 0.25) is 0 Å². The molecule has 3 N–H and O–H groups in total. The number of rotatable bonds is 0. The number of benzene rings is 1. The van der Waals surface area contributed by atoms with Crippen LogP contribution in [0, 0.1) is 0 Å². The lowest BCUT2D eigenvalue weighted by molar-refractivity contribution is 1.17. The molecule has 0 amide bonds. The van der Waals surface area contributed by atoms with E-state index in [1.807, 2.05) is 0 Å². The first-order valence-corrected chi connectivity index (χ1v) is 3.50. The number of fused-ring (bicyclic) bond motifs is 1. The summed E-state index contributed by atoms with van der Waals surface area (Å²) in [5.41, 5.74) is 6.58. The first kappa shape index (κ1) is 9.54. The Labute approximate surface area is 80.2 Å². The Morgan fingerprint density at radius 1 is 1.38 bits per heavy atom. The van der Waals surface area contributed by atoms with E-state index in [-0.39, 0.29) is 18.0 Å². The predicted molar refractivity (Wildman–Crippen MR) is 54.0 cm³/mol. The van der Waals surface area contributed by atoms with Gasteiger partial charge in [-0.1, -0.05) is 0 Å². The predicted octanol–water partition coefficient (Wildman–Crippen LogP) is 0.927. The number of nitrogens with one attached hydrogen (secondary N) is 1. The summed E-state index contributed by atoms with van der Waals surface area (Å²) in [6.45, 7) is 0. The minimum absolute atomic E-state index is 0. The van der Waals surface area contributed by atoms with Gasteiger partial charge in [-0.05, 0) is 18.2 Å². The Morgan fingerprint density at radius 3 is 2.92 bits per heavy atom. The number of hydrogen-bond donors (Lipinski definition) is 2. The van der Waals surface area contributed by atoms with E-state index in [0.717, 1.165) is 0 Å². The summed E-state index contributed by atoms with van der Waals surface area (Å²) in [4.78, 5) is 17.6. The fourth-order valence-electron chi connectivity index (χ4n) is 1.09. The SMILES string of the molecule is Cl.Nc1ccc2nc[nH]c(=O)c2c1. The number of halogens is 1. The maximum atomic E-state index is 11.2. The summed E-state index contributed by atoms with van der Waals surface area (Å²) in [5.74, 6) is 0. The van der Waals surface area contributed by atoms with E-state index in [4.69, 9.17) is 5.73 Å². The Kier molecular flexibility index (Phi) is 2.53. The van der Waals surface area contributed by atoms with E-state index in [0.29, 0.717) is 16.6 Å². The number of hydrogen-bond acceptors (Lipinski definition) is 3. The van der Waals surface area contributed by atoms with E-state index in [2.05, 4.69) is 9.97 Å². The summed E-state index contributed by atoms with van der Waals surface area (Å²) < 4.78 is 0. The minimum atomic E-state index is -0.160. The smallest absolute Gasteiger partial charge is 0.258 e. The van der Waals surface area contributed by atoms with Crippen LogP contribution in [-0.4, -0.2) is 9.97 Å². The number of anilines is 1. The lowest BCUT2D eigenvalue weighted by atomic mass is 10.2. The molecule has 13 heavy (non-hydrogen) atoms. The zero-order chi connectivity index (χ0) is 8.55. The standard InChI is InChI=1S/C8H7N3O.ClH/c9-5-1-2-7-6(3-5)8(12)11-4-10-7;/h1-4H,9H2,(H,10,11,12);1H. The number of H-pyrrole nitrogens is 1. The van der Waals surface area contributed by atoms with Crippen molar-refractivity contribution in [2.45, 2.75) is 0 Å². The zero-order valence-corrected chi connectivity index (χ0v) is 7.47. The average Bonchev–Trinajstić information content (AvgIpc) is 2.07. The number of aromatic amines is 1. The average molecular weight is 198 g/mol. The van der Waals surface area contributed by atoms with Crippen molar-refractivity contribution in [2.75, 3.05) is 5.73 Å². The molecule has 0 radical (unpaired) electrons. The van der Waals surface area contributed by atoms with Gasteiger partial charge in [-0.2, -0.15) is 0 Å². The first-order valence-electron chi connectivity index (χ1n) is 3.50. The van der Waals surface area contributed by atoms with Gasteiger partial charge in [0.05, 0.1) is 17.2 Å². The Hall–Kier alpha value is -1.55. The van der Waals surface area contributed by atoms with Crippen LogP contribution in [0.15, 0.2) is 29.3 Å². The summed E-state index contributed by atoms with van der Waals surface area (Å²) in [5, 5.41) is 0.525. The second-order valence-corrected chi connectivity index (χ2v) is 2.51. The molecule has 2 aromatic rings. The molecule has 0 aliphatic rings. The van der Waals surface area contributed by atoms with Crippen molar-refractivity contribution in [3.63, 3.8) is 0 Å². The van der Waals surface area contributed by atoms with E-state index in [1.165, 1.54) is 6.33 Å². The van der Waals surface area contributed by atoms with Gasteiger partial charge in [-0.15, -0.1) is 12.4 Å². The Morgan fingerprint density at radius 2 is 2.15 bits per heavy atom. The van der Waals surface area contributed by atoms with Gasteiger partial charge in [0.25, 0.3) is 5.56 Å². The van der Waals surface area contributed by atoms with E-state index >= 15 is 0 Å². The normalized spacial score (nSPS) is 9.54. The molecule has 1 aromatic carbocycles. The molecule has 0 spiro atoms. The molecule has 1 heterocycles. The van der Waals surface area contributed by atoms with E-state index in [1.54, 1.807) is 18.2 Å². The van der Waals surface area contributed by atoms with Crippen molar-refractivity contribution in [1.82, 2.24) is 9.97 Å². The fraction of sp³-hybridized carbons (Fsp3) is 0. The highest BCUT2D eigenvalue weighted by atomic mass is 35.5. The summed E-state index contributed by atoms with van der Waals surface area (Å²) in [7, 11) is 0. The molecule has 0 unspecified atom stereocenters. The Bertz CT molecular complexity index is 480. The van der Waals surface area contributed by atoms with Crippen LogP contribution < -0.4 is 11.3 Å². The molecule has 0 aliphatic carbocycles. The van der Waals surface area contributed by atoms with Crippen molar-refractivity contribution < 1.29 is 0 Å². The lowest BCUT2D eigenvalue weighted by Crippen LogP contribution is -2.06. The maximum Gasteiger partial charge on any atom is 0.258 e. The van der Waals surface area contributed by atoms with Gasteiger partial charge in [-0.25, -0.2) is 4.98 Å². The third-order valence-corrected chi connectivity index (χ3v) is 1.66. The lowest BCUT2D eigenvalue weighted by Gasteiger charge is -1.95. The number of nitrogens with zero attached hydrogens (tertiary/aromatic N) is 1. The highest BCUT2D eigenvalue weighted by Crippen LogP contribution is 2.09.